The summed E-state index contributed by atoms with van der Waals surface area (Å²) in [7, 11) is -4.42. The van der Waals surface area contributed by atoms with E-state index in [2.05, 4.69) is 26.0 Å². The molecule has 1 unspecified atom stereocenters. The normalized spacial score (nSPS) is 14.0. The van der Waals surface area contributed by atoms with Gasteiger partial charge in [-0.05, 0) is 19.3 Å². The number of rotatable bonds is 39. The molecule has 0 amide bonds. The molecule has 9 nitrogen and oxygen atoms in total. The van der Waals surface area contributed by atoms with Gasteiger partial charge >= 0.3 is 19.8 Å². The number of esters is 2. The average molecular weight is 792 g/mol. The summed E-state index contributed by atoms with van der Waals surface area (Å²) in [5, 5.41) is 0. The van der Waals surface area contributed by atoms with E-state index >= 15 is 0 Å². The number of phosphoric ester groups is 1. The van der Waals surface area contributed by atoms with E-state index in [1.165, 1.54) is 134 Å². The van der Waals surface area contributed by atoms with Crippen LogP contribution in [-0.4, -0.2) is 49.3 Å². The van der Waals surface area contributed by atoms with Crippen molar-refractivity contribution in [3.63, 3.8) is 0 Å². The van der Waals surface area contributed by atoms with Crippen LogP contribution in [0.15, 0.2) is 72.9 Å². The quantitative estimate of drug-likeness (QED) is 0.0205. The minimum Gasteiger partial charge on any atom is -0.462 e. The Morgan fingerprint density at radius 2 is 1.02 bits per heavy atom. The number of allylic oxidation sites excluding steroid dienone is 11. The van der Waals surface area contributed by atoms with Gasteiger partial charge in [-0.25, -0.2) is 9.36 Å². The number of ether oxygens (including phenoxy) is 2. The third-order valence-corrected chi connectivity index (χ3v) is 9.82. The molecule has 0 aliphatic heterocycles. The van der Waals surface area contributed by atoms with E-state index in [1.807, 2.05) is 36.5 Å². The molecule has 0 aromatic rings. The topological polar surface area (TPSA) is 134 Å². The molecule has 55 heavy (non-hydrogen) atoms. The lowest BCUT2D eigenvalue weighted by atomic mass is 10.0. The summed E-state index contributed by atoms with van der Waals surface area (Å²) in [6.07, 6.45) is 50.0. The van der Waals surface area contributed by atoms with Crippen LogP contribution in [0.25, 0.3) is 0 Å². The summed E-state index contributed by atoms with van der Waals surface area (Å²) in [6.45, 7) is 3.53. The summed E-state index contributed by atoms with van der Waals surface area (Å²) in [4.78, 5) is 34.7. The zero-order valence-electron chi connectivity index (χ0n) is 34.6. The van der Waals surface area contributed by atoms with Gasteiger partial charge in [0.1, 0.15) is 6.61 Å². The van der Waals surface area contributed by atoms with Crippen molar-refractivity contribution in [3.05, 3.63) is 72.9 Å². The Kier molecular flexibility index (Phi) is 39.2. The fourth-order valence-electron chi connectivity index (χ4n) is 5.64. The lowest BCUT2D eigenvalue weighted by Crippen LogP contribution is -2.29. The van der Waals surface area contributed by atoms with E-state index in [-0.39, 0.29) is 26.2 Å². The molecule has 0 rings (SSSR count). The van der Waals surface area contributed by atoms with Crippen LogP contribution in [0.2, 0.25) is 0 Å². The van der Waals surface area contributed by atoms with Crippen molar-refractivity contribution >= 4 is 19.8 Å². The highest BCUT2D eigenvalue weighted by Crippen LogP contribution is 2.43. The van der Waals surface area contributed by atoms with E-state index in [4.69, 9.17) is 24.3 Å². The smallest absolute Gasteiger partial charge is 0.462 e. The SMILES string of the molecule is CCCCCCCCCC=CC=CC=CC=CC=CC=CC(=O)O[C@H](COC(=O)CCCCCCCCCCCCCCCCC)COP(=O)(O)OCCN. The van der Waals surface area contributed by atoms with Gasteiger partial charge in [0.2, 0.25) is 0 Å². The van der Waals surface area contributed by atoms with Gasteiger partial charge in [-0.1, -0.05) is 209 Å². The Morgan fingerprint density at radius 3 is 1.51 bits per heavy atom. The monoisotopic (exact) mass is 792 g/mol. The highest BCUT2D eigenvalue weighted by molar-refractivity contribution is 7.47. The Balaban J connectivity index is 4.41. The molecule has 0 saturated heterocycles. The number of hydrogen-bond acceptors (Lipinski definition) is 8. The molecule has 3 N–H and O–H groups in total. The molecule has 0 aromatic heterocycles. The van der Waals surface area contributed by atoms with Gasteiger partial charge < -0.3 is 20.1 Å². The maximum absolute atomic E-state index is 12.4. The van der Waals surface area contributed by atoms with E-state index in [1.54, 1.807) is 12.2 Å². The standard InChI is InChI=1S/C45H78NO8P/c1-3-5-7-9-11-13-15-17-19-20-21-22-24-26-28-30-32-34-36-38-45(48)54-43(42-53-55(49,50)52-40-39-46)41-51-44(47)37-35-33-31-29-27-25-23-18-16-14-12-10-8-6-4-2/h19-22,24,26,28,30,32,34,36,38,43H,3-18,23,25,27,29,31,33,35,37,39-42,46H2,1-2H3,(H,49,50)/t43-/m1/s1. The molecule has 0 aliphatic rings. The van der Waals surface area contributed by atoms with E-state index in [0.717, 1.165) is 19.3 Å². The van der Waals surface area contributed by atoms with Crippen LogP contribution in [0.5, 0.6) is 0 Å². The van der Waals surface area contributed by atoms with Crippen LogP contribution in [0.1, 0.15) is 168 Å². The molecule has 2 atom stereocenters. The summed E-state index contributed by atoms with van der Waals surface area (Å²) in [5.74, 6) is -1.14. The molecule has 0 aliphatic carbocycles. The zero-order valence-corrected chi connectivity index (χ0v) is 35.5. The maximum atomic E-state index is 12.4. The Labute approximate surface area is 335 Å². The Bertz CT molecular complexity index is 1130. The molecule has 0 heterocycles. The summed E-state index contributed by atoms with van der Waals surface area (Å²) in [5.41, 5.74) is 5.33. The minimum atomic E-state index is -4.42. The fraction of sp³-hybridized carbons (Fsp3) is 0.689. The summed E-state index contributed by atoms with van der Waals surface area (Å²) < 4.78 is 32.5. The molecule has 0 spiro atoms. The van der Waals surface area contributed by atoms with Crippen LogP contribution >= 0.6 is 7.82 Å². The minimum absolute atomic E-state index is 0.0289. The Hall–Kier alpha value is -2.55. The van der Waals surface area contributed by atoms with Gasteiger partial charge in [-0.2, -0.15) is 0 Å². The van der Waals surface area contributed by atoms with E-state index in [9.17, 15) is 19.0 Å². The first kappa shape index (κ1) is 52.5. The number of carbonyl (C=O) groups is 2. The number of nitrogens with two attached hydrogens (primary N) is 1. The van der Waals surface area contributed by atoms with Gasteiger partial charge in [0, 0.05) is 19.0 Å². The lowest BCUT2D eigenvalue weighted by Gasteiger charge is -2.19. The summed E-state index contributed by atoms with van der Waals surface area (Å²) in [6, 6.07) is 0. The van der Waals surface area contributed by atoms with Crippen LogP contribution in [0.4, 0.5) is 0 Å². The largest absolute Gasteiger partial charge is 0.472 e. The molecule has 0 radical (unpaired) electrons. The number of hydrogen-bond donors (Lipinski definition) is 2. The molecule has 316 valence electrons. The van der Waals surface area contributed by atoms with Crippen LogP contribution in [-0.2, 0) is 32.7 Å². The predicted octanol–water partition coefficient (Wildman–Crippen LogP) is 12.3. The third-order valence-electron chi connectivity index (χ3n) is 8.84. The first-order chi connectivity index (χ1) is 26.8. The lowest BCUT2D eigenvalue weighted by molar-refractivity contribution is -0.157. The van der Waals surface area contributed by atoms with Crippen LogP contribution < -0.4 is 5.73 Å². The molecular weight excluding hydrogens is 713 g/mol. The van der Waals surface area contributed by atoms with Crippen molar-refractivity contribution in [1.29, 1.82) is 0 Å². The average Bonchev–Trinajstić information content (AvgIpc) is 3.17. The third kappa shape index (κ3) is 40.9. The number of phosphoric acid groups is 1. The first-order valence-corrected chi connectivity index (χ1v) is 23.0. The highest BCUT2D eigenvalue weighted by Gasteiger charge is 2.25. The molecule has 10 heteroatoms. The van der Waals surface area contributed by atoms with Gasteiger partial charge in [-0.3, -0.25) is 13.8 Å². The second-order valence-electron chi connectivity index (χ2n) is 14.1. The zero-order chi connectivity index (χ0) is 40.3. The van der Waals surface area contributed by atoms with Gasteiger partial charge in [0.15, 0.2) is 6.10 Å². The van der Waals surface area contributed by atoms with Crippen LogP contribution in [0.3, 0.4) is 0 Å². The molecule has 0 saturated carbocycles. The molecule has 0 aromatic carbocycles. The van der Waals surface area contributed by atoms with Crippen molar-refractivity contribution in [3.8, 4) is 0 Å². The first-order valence-electron chi connectivity index (χ1n) is 21.5. The van der Waals surface area contributed by atoms with E-state index < -0.39 is 32.5 Å². The number of carbonyl (C=O) groups excluding carboxylic acids is 2. The number of unbranched alkanes of at least 4 members (excludes halogenated alkanes) is 21. The fourth-order valence-corrected chi connectivity index (χ4v) is 6.41. The predicted molar refractivity (Wildman–Crippen MR) is 229 cm³/mol. The molecule has 0 bridgehead atoms. The van der Waals surface area contributed by atoms with Crippen molar-refractivity contribution in [2.45, 2.75) is 174 Å². The van der Waals surface area contributed by atoms with Gasteiger partial charge in [0.25, 0.3) is 0 Å². The summed E-state index contributed by atoms with van der Waals surface area (Å²) >= 11 is 0. The van der Waals surface area contributed by atoms with Crippen molar-refractivity contribution in [2.75, 3.05) is 26.4 Å². The van der Waals surface area contributed by atoms with Crippen molar-refractivity contribution < 1.29 is 37.6 Å². The Morgan fingerprint density at radius 1 is 0.582 bits per heavy atom. The highest BCUT2D eigenvalue weighted by atomic mass is 31.2. The van der Waals surface area contributed by atoms with Gasteiger partial charge in [-0.15, -0.1) is 0 Å². The second kappa shape index (κ2) is 41.1. The van der Waals surface area contributed by atoms with Crippen molar-refractivity contribution in [2.24, 2.45) is 5.73 Å². The van der Waals surface area contributed by atoms with Crippen molar-refractivity contribution in [1.82, 2.24) is 0 Å². The second-order valence-corrected chi connectivity index (χ2v) is 15.5. The molecule has 0 fully saturated rings. The van der Waals surface area contributed by atoms with Crippen LogP contribution in [0, 0.1) is 0 Å². The molecular formula is C45H78NO8P. The maximum Gasteiger partial charge on any atom is 0.472 e. The van der Waals surface area contributed by atoms with Gasteiger partial charge in [0.05, 0.1) is 13.2 Å². The van der Waals surface area contributed by atoms with E-state index in [0.29, 0.717) is 6.42 Å².